The largest absolute Gasteiger partial charge is 0.339 e. The van der Waals surface area contributed by atoms with Crippen LogP contribution in [-0.2, 0) is 4.79 Å². The van der Waals surface area contributed by atoms with Crippen molar-refractivity contribution in [2.24, 2.45) is 0 Å². The van der Waals surface area contributed by atoms with E-state index in [4.69, 9.17) is 0 Å². The fraction of sp³-hybridized carbons (Fsp3) is 0.556. The molecule has 5 heteroatoms. The second kappa shape index (κ2) is 8.96. The summed E-state index contributed by atoms with van der Waals surface area (Å²) in [5.74, 6) is 0.969. The fourth-order valence-electron chi connectivity index (χ4n) is 2.58. The molecule has 0 aliphatic carbocycles. The molecule has 0 spiro atoms. The maximum Gasteiger partial charge on any atom is 0.255 e. The van der Waals surface area contributed by atoms with Crippen LogP contribution in [0.3, 0.4) is 0 Å². The van der Waals surface area contributed by atoms with Gasteiger partial charge in [0, 0.05) is 13.1 Å². The normalized spacial score (nSPS) is 15.5. The number of amides is 2. The number of thioether (sulfide) groups is 1. The molecule has 1 aliphatic heterocycles. The summed E-state index contributed by atoms with van der Waals surface area (Å²) in [4.78, 5) is 26.8. The summed E-state index contributed by atoms with van der Waals surface area (Å²) < 4.78 is 0. The molecular formula is C18H26N2O2S. The molecule has 1 heterocycles. The first-order chi connectivity index (χ1) is 11.1. The van der Waals surface area contributed by atoms with Gasteiger partial charge in [-0.15, -0.1) is 11.8 Å². The molecule has 1 fully saturated rings. The van der Waals surface area contributed by atoms with Crippen molar-refractivity contribution in [1.29, 1.82) is 0 Å². The van der Waals surface area contributed by atoms with Gasteiger partial charge in [-0.05, 0) is 44.1 Å². The van der Waals surface area contributed by atoms with Gasteiger partial charge in [0.25, 0.3) is 5.91 Å². The van der Waals surface area contributed by atoms with Crippen LogP contribution in [0.25, 0.3) is 0 Å². The molecule has 2 amide bonds. The third-order valence-electron chi connectivity index (χ3n) is 4.04. The second-order valence-electron chi connectivity index (χ2n) is 5.90. The number of likely N-dealkylation sites (tertiary alicyclic amines) is 1. The number of hydrogen-bond donors (Lipinski definition) is 1. The van der Waals surface area contributed by atoms with Crippen LogP contribution in [-0.4, -0.2) is 40.8 Å². The lowest BCUT2D eigenvalue weighted by Crippen LogP contribution is -2.30. The van der Waals surface area contributed by atoms with E-state index in [0.29, 0.717) is 11.3 Å². The summed E-state index contributed by atoms with van der Waals surface area (Å²) in [6, 6.07) is 7.31. The lowest BCUT2D eigenvalue weighted by Gasteiger charge is -2.19. The molecule has 2 rings (SSSR count). The molecule has 1 atom stereocenters. The molecule has 0 radical (unpaired) electrons. The number of anilines is 1. The number of hydrogen-bond acceptors (Lipinski definition) is 3. The van der Waals surface area contributed by atoms with Crippen molar-refractivity contribution in [2.75, 3.05) is 24.2 Å². The van der Waals surface area contributed by atoms with Gasteiger partial charge in [0.15, 0.2) is 0 Å². The quantitative estimate of drug-likeness (QED) is 0.772. The molecule has 1 aliphatic rings. The highest BCUT2D eigenvalue weighted by Crippen LogP contribution is 2.22. The van der Waals surface area contributed by atoms with Crippen molar-refractivity contribution in [3.8, 4) is 0 Å². The Morgan fingerprint density at radius 3 is 2.65 bits per heavy atom. The number of rotatable bonds is 7. The highest BCUT2D eigenvalue weighted by Gasteiger charge is 2.23. The standard InChI is InChI=1S/C18H26N2O2S/c1-3-4-13-23-14(2)17(21)19-16-10-6-5-9-15(16)18(22)20-11-7-8-12-20/h5-6,9-10,14H,3-4,7-8,11-13H2,1-2H3,(H,19,21). The fourth-order valence-corrected chi connectivity index (χ4v) is 3.60. The van der Waals surface area contributed by atoms with Crippen molar-refractivity contribution < 1.29 is 9.59 Å². The Bertz CT molecular complexity index is 542. The van der Waals surface area contributed by atoms with Crippen LogP contribution < -0.4 is 5.32 Å². The Balaban J connectivity index is 2.02. The van der Waals surface area contributed by atoms with Gasteiger partial charge in [-0.25, -0.2) is 0 Å². The van der Waals surface area contributed by atoms with Gasteiger partial charge >= 0.3 is 0 Å². The molecule has 126 valence electrons. The molecule has 1 aromatic carbocycles. The van der Waals surface area contributed by atoms with E-state index >= 15 is 0 Å². The van der Waals surface area contributed by atoms with E-state index in [1.54, 1.807) is 17.8 Å². The molecule has 23 heavy (non-hydrogen) atoms. The number of nitrogens with zero attached hydrogens (tertiary/aromatic N) is 1. The first-order valence-electron chi connectivity index (χ1n) is 8.44. The number of unbranched alkanes of at least 4 members (excludes halogenated alkanes) is 1. The minimum Gasteiger partial charge on any atom is -0.339 e. The summed E-state index contributed by atoms with van der Waals surface area (Å²) in [6.45, 7) is 5.68. The molecule has 0 saturated carbocycles. The zero-order chi connectivity index (χ0) is 16.7. The zero-order valence-electron chi connectivity index (χ0n) is 14.0. The minimum atomic E-state index is -0.114. The predicted molar refractivity (Wildman–Crippen MR) is 97.0 cm³/mol. The molecule has 0 aromatic heterocycles. The van der Waals surface area contributed by atoms with Crippen LogP contribution in [0.15, 0.2) is 24.3 Å². The number of carbonyl (C=O) groups excluding carboxylic acids is 2. The van der Waals surface area contributed by atoms with Gasteiger partial charge < -0.3 is 10.2 Å². The first-order valence-corrected chi connectivity index (χ1v) is 9.49. The van der Waals surface area contributed by atoms with Gasteiger partial charge in [-0.3, -0.25) is 9.59 Å². The van der Waals surface area contributed by atoms with Crippen LogP contribution in [0.1, 0.15) is 49.9 Å². The van der Waals surface area contributed by atoms with E-state index in [-0.39, 0.29) is 17.1 Å². The molecule has 1 saturated heterocycles. The number of benzene rings is 1. The van der Waals surface area contributed by atoms with Gasteiger partial charge in [0.2, 0.25) is 5.91 Å². The maximum atomic E-state index is 12.6. The third-order valence-corrected chi connectivity index (χ3v) is 5.28. The van der Waals surface area contributed by atoms with Crippen molar-refractivity contribution >= 4 is 29.3 Å². The van der Waals surface area contributed by atoms with Gasteiger partial charge in [0.1, 0.15) is 0 Å². The van der Waals surface area contributed by atoms with Crippen LogP contribution in [0.4, 0.5) is 5.69 Å². The van der Waals surface area contributed by atoms with Crippen molar-refractivity contribution in [1.82, 2.24) is 4.90 Å². The van der Waals surface area contributed by atoms with Crippen LogP contribution in [0.5, 0.6) is 0 Å². The maximum absolute atomic E-state index is 12.6. The van der Waals surface area contributed by atoms with E-state index < -0.39 is 0 Å². The average molecular weight is 334 g/mol. The van der Waals surface area contributed by atoms with Gasteiger partial charge in [-0.1, -0.05) is 25.5 Å². The van der Waals surface area contributed by atoms with E-state index in [2.05, 4.69) is 12.2 Å². The Kier molecular flexibility index (Phi) is 6.96. The summed E-state index contributed by atoms with van der Waals surface area (Å²) in [6.07, 6.45) is 4.37. The van der Waals surface area contributed by atoms with Gasteiger partial charge in [0.05, 0.1) is 16.5 Å². The summed E-state index contributed by atoms with van der Waals surface area (Å²) in [7, 11) is 0. The van der Waals surface area contributed by atoms with Crippen molar-refractivity contribution in [3.63, 3.8) is 0 Å². The Hall–Kier alpha value is -1.49. The van der Waals surface area contributed by atoms with Crippen molar-refractivity contribution in [2.45, 2.75) is 44.8 Å². The molecular weight excluding hydrogens is 308 g/mol. The molecule has 4 nitrogen and oxygen atoms in total. The SMILES string of the molecule is CCCCSC(C)C(=O)Nc1ccccc1C(=O)N1CCCC1. The molecule has 1 aromatic rings. The Morgan fingerprint density at radius 1 is 1.26 bits per heavy atom. The number of carbonyl (C=O) groups is 2. The van der Waals surface area contributed by atoms with Crippen molar-refractivity contribution in [3.05, 3.63) is 29.8 Å². The van der Waals surface area contributed by atoms with Crippen LogP contribution >= 0.6 is 11.8 Å². The number of para-hydroxylation sites is 1. The van der Waals surface area contributed by atoms with Crippen LogP contribution in [0.2, 0.25) is 0 Å². The molecule has 1 unspecified atom stereocenters. The highest BCUT2D eigenvalue weighted by molar-refractivity contribution is 8.00. The topological polar surface area (TPSA) is 49.4 Å². The Labute approximate surface area is 143 Å². The monoisotopic (exact) mass is 334 g/mol. The highest BCUT2D eigenvalue weighted by atomic mass is 32.2. The van der Waals surface area contributed by atoms with E-state index in [1.165, 1.54) is 0 Å². The van der Waals surface area contributed by atoms with Gasteiger partial charge in [-0.2, -0.15) is 0 Å². The number of nitrogens with one attached hydrogen (secondary N) is 1. The predicted octanol–water partition coefficient (Wildman–Crippen LogP) is 3.78. The van der Waals surface area contributed by atoms with E-state index in [1.807, 2.05) is 30.0 Å². The smallest absolute Gasteiger partial charge is 0.255 e. The summed E-state index contributed by atoms with van der Waals surface area (Å²) >= 11 is 1.66. The van der Waals surface area contributed by atoms with Crippen LogP contribution in [0, 0.1) is 0 Å². The average Bonchev–Trinajstić information content (AvgIpc) is 3.09. The summed E-state index contributed by atoms with van der Waals surface area (Å²) in [5, 5.41) is 2.82. The lowest BCUT2D eigenvalue weighted by molar-refractivity contribution is -0.115. The first kappa shape index (κ1) is 17.9. The lowest BCUT2D eigenvalue weighted by atomic mass is 10.1. The summed E-state index contributed by atoms with van der Waals surface area (Å²) in [5.41, 5.74) is 1.21. The second-order valence-corrected chi connectivity index (χ2v) is 7.35. The van der Waals surface area contributed by atoms with E-state index in [9.17, 15) is 9.59 Å². The minimum absolute atomic E-state index is 0.0182. The molecule has 1 N–H and O–H groups in total. The Morgan fingerprint density at radius 2 is 1.96 bits per heavy atom. The molecule has 0 bridgehead atoms. The third kappa shape index (κ3) is 4.99. The van der Waals surface area contributed by atoms with E-state index in [0.717, 1.165) is 44.5 Å². The zero-order valence-corrected chi connectivity index (χ0v) is 14.8.